The highest BCUT2D eigenvalue weighted by Gasteiger charge is 2.12. The van der Waals surface area contributed by atoms with E-state index in [1.165, 1.54) is 5.56 Å². The maximum Gasteiger partial charge on any atom is 0.411 e. The van der Waals surface area contributed by atoms with Crippen molar-refractivity contribution in [2.45, 2.75) is 84.7 Å². The first kappa shape index (κ1) is 101. The number of aliphatic hydroxyl groups is 2. The first-order chi connectivity index (χ1) is 62.3. The van der Waals surface area contributed by atoms with Gasteiger partial charge in [0, 0.05) is 39.3 Å². The summed E-state index contributed by atoms with van der Waals surface area (Å²) in [7, 11) is 9.83. The van der Waals surface area contributed by atoms with Crippen LogP contribution in [0.15, 0.2) is 259 Å². The van der Waals surface area contributed by atoms with Crippen LogP contribution in [0.25, 0.3) is 20.9 Å². The van der Waals surface area contributed by atoms with Gasteiger partial charge in [-0.1, -0.05) is 156 Å². The molecule has 9 aromatic carbocycles. The second-order valence-corrected chi connectivity index (χ2v) is 26.5. The lowest BCUT2D eigenvalue weighted by atomic mass is 10.2. The number of hydrogen-bond acceptors (Lipinski definition) is 26. The molecule has 0 spiro atoms. The van der Waals surface area contributed by atoms with E-state index in [2.05, 4.69) is 99.6 Å². The number of aromatic nitrogens is 12. The molecule has 7 N–H and O–H groups in total. The Balaban J connectivity index is 0.000000234. The van der Waals surface area contributed by atoms with Gasteiger partial charge in [-0.2, -0.15) is 0 Å². The quantitative estimate of drug-likeness (QED) is 0.00447. The number of amides is 3. The second kappa shape index (κ2) is 59.2. The summed E-state index contributed by atoms with van der Waals surface area (Å²) in [5, 5.41) is 63.9. The van der Waals surface area contributed by atoms with Gasteiger partial charge >= 0.3 is 24.1 Å². The smallest absolute Gasteiger partial charge is 0.411 e. The van der Waals surface area contributed by atoms with Gasteiger partial charge in [0.05, 0.1) is 149 Å². The van der Waals surface area contributed by atoms with Gasteiger partial charge in [-0.15, -0.1) is 26.8 Å². The number of urea groups is 1. The van der Waals surface area contributed by atoms with Crippen LogP contribution in [0.3, 0.4) is 0 Å². The van der Waals surface area contributed by atoms with Crippen molar-refractivity contribution in [1.29, 1.82) is 0 Å². The molecule has 3 amide bonds. The lowest BCUT2D eigenvalue weighted by molar-refractivity contribution is 0.0517. The van der Waals surface area contributed by atoms with E-state index in [1.807, 2.05) is 188 Å². The number of aliphatic hydroxyl groups excluding tert-OH is 2. The summed E-state index contributed by atoms with van der Waals surface area (Å²) in [5.41, 5.74) is 33.9. The Morgan fingerprint density at radius 3 is 1.12 bits per heavy atom. The highest BCUT2D eigenvalue weighted by atomic mass is 79.9. The van der Waals surface area contributed by atoms with Crippen molar-refractivity contribution in [1.82, 2.24) is 65.3 Å². The van der Waals surface area contributed by atoms with Crippen molar-refractivity contribution in [3.05, 3.63) is 343 Å². The number of carbonyl (C=O) groups is 4. The summed E-state index contributed by atoms with van der Waals surface area (Å²) in [5.74, 6) is 6.21. The summed E-state index contributed by atoms with van der Waals surface area (Å²) < 4.78 is 52.1. The number of hydrogen-bond donors (Lipinski definition) is 6. The van der Waals surface area contributed by atoms with Gasteiger partial charge < -0.3 is 69.2 Å². The van der Waals surface area contributed by atoms with Crippen LogP contribution < -0.4 is 50.1 Å². The SMILES string of the molecule is C#CCO.CCOC(=O)c1ccc(NC(=O)NCc2cn(Cc3ccc(OC)cc3)nn2)cc1.CCOC(=O)c1ccc(NC(=O)OCc2ccccc2)cc1.COc1ccc(CBr)cc1.COc1ccc(CN=[N+]=[N-])cc1.COc1ccc(Cn2cc(CN)nn2)cc1.COc1ccc(Cn2cc(CN=[N+]=[N-])nn2)cc1.COc1ccc(Cn2cc(CO)nn2)cc1. The van der Waals surface area contributed by atoms with Crippen molar-refractivity contribution in [3.8, 4) is 46.8 Å². The largest absolute Gasteiger partial charge is 0.497 e. The molecule has 668 valence electrons. The number of terminal acetylenes is 1. The van der Waals surface area contributed by atoms with Crippen molar-refractivity contribution in [3.63, 3.8) is 0 Å². The van der Waals surface area contributed by atoms with Gasteiger partial charge in [-0.3, -0.25) is 5.32 Å². The summed E-state index contributed by atoms with van der Waals surface area (Å²) in [6.45, 7) is 7.87. The third-order valence-corrected chi connectivity index (χ3v) is 17.5. The van der Waals surface area contributed by atoms with E-state index >= 15 is 0 Å². The van der Waals surface area contributed by atoms with Crippen LogP contribution in [0, 0.1) is 12.3 Å². The number of nitrogens with one attached hydrogen (secondary N) is 3. The molecule has 0 atom stereocenters. The number of rotatable bonds is 31. The molecular weight excluding hydrogens is 1710 g/mol. The summed E-state index contributed by atoms with van der Waals surface area (Å²) in [6, 6.07) is 68.3. The molecule has 0 fully saturated rings. The van der Waals surface area contributed by atoms with Gasteiger partial charge in [0.2, 0.25) is 0 Å². The van der Waals surface area contributed by atoms with E-state index in [1.54, 1.807) is 142 Å². The van der Waals surface area contributed by atoms with Crippen LogP contribution in [-0.2, 0) is 85.1 Å². The molecule has 0 unspecified atom stereocenters. The van der Waals surface area contributed by atoms with Crippen molar-refractivity contribution in [2.75, 3.05) is 73.1 Å². The van der Waals surface area contributed by atoms with E-state index in [0.717, 1.165) is 78.9 Å². The molecule has 0 bridgehead atoms. The molecule has 0 saturated carbocycles. The zero-order valence-corrected chi connectivity index (χ0v) is 73.4. The second-order valence-electron chi connectivity index (χ2n) is 25.9. The summed E-state index contributed by atoms with van der Waals surface area (Å²) in [6.07, 6.45) is 11.1. The standard InChI is InChI=1S/C21H23N5O4.C17H17NO4.C11H12N6O.C11H14N4O.C11H13N3O2.C8H9BrO.C8H9N3O.C3H4O/c1-3-30-20(27)16-6-8-17(9-7-16)23-21(28)22-12-18-14-26(25-24-18)13-15-4-10-19(29-2)11-5-15;1-2-21-16(19)14-8-10-15(11-9-14)18-17(20)22-12-13-6-4-3-5-7-13;1-18-11-4-2-9(3-5-11)7-17-8-10(14-16-17)6-13-15-12;1-16-11-4-2-9(3-5-11)7-15-8-10(6-12)13-14-15;1-16-11-4-2-9(3-5-11)6-14-7-10(8-15)12-13-14;1-10-8-4-2-7(6-9)3-5-8;1-12-8-4-2-7(3-5-8)6-10-11-9;1-2-3-4/h4-11,14H,3,12-13H2,1-2H3,(H2,22,23,28);3-11H,2,12H2,1H3,(H,18,20);2-5,8H,6-7H2,1H3;2-5,8H,6-7,12H2,1H3;2-5,7,15H,6,8H2,1H3;2-5H,6H2,1H3;2-5H,6H2,1H3;1,4H,3H2. The Morgan fingerprint density at radius 1 is 0.438 bits per heavy atom. The molecule has 13 aromatic rings. The molecule has 0 radical (unpaired) electrons. The predicted octanol–water partition coefficient (Wildman–Crippen LogP) is 14.9. The molecule has 0 aliphatic heterocycles. The number of methoxy groups -OCH3 is 6. The maximum absolute atomic E-state index is 12.1. The van der Waals surface area contributed by atoms with Crippen LogP contribution in [0.4, 0.5) is 21.0 Å². The third kappa shape index (κ3) is 39.3. The number of carbonyl (C=O) groups excluding carboxylic acids is 4. The van der Waals surface area contributed by atoms with Crippen molar-refractivity contribution < 1.29 is 72.0 Å². The molecule has 0 aliphatic carbocycles. The van der Waals surface area contributed by atoms with Crippen molar-refractivity contribution in [2.24, 2.45) is 16.0 Å². The number of anilines is 2. The first-order valence-corrected chi connectivity index (χ1v) is 40.3. The number of halogens is 1. The summed E-state index contributed by atoms with van der Waals surface area (Å²) in [4.78, 5) is 52.3. The van der Waals surface area contributed by atoms with Gasteiger partial charge in [-0.25, -0.2) is 37.9 Å². The van der Waals surface area contributed by atoms with Crippen LogP contribution >= 0.6 is 15.9 Å². The first-order valence-electron chi connectivity index (χ1n) is 39.2. The minimum Gasteiger partial charge on any atom is -0.497 e. The highest BCUT2D eigenvalue weighted by Crippen LogP contribution is 2.20. The van der Waals surface area contributed by atoms with Gasteiger partial charge in [0.15, 0.2) is 0 Å². The lowest BCUT2D eigenvalue weighted by Crippen LogP contribution is -2.28. The van der Waals surface area contributed by atoms with Gasteiger partial charge in [-0.05, 0) is 185 Å². The Kier molecular flexibility index (Phi) is 46.8. The molecular formula is C90H101BrN22O15. The topological polar surface area (TPSA) is 474 Å². The molecule has 38 heteroatoms. The number of benzene rings is 9. The van der Waals surface area contributed by atoms with E-state index in [-0.39, 0.29) is 44.9 Å². The van der Waals surface area contributed by atoms with E-state index in [0.29, 0.717) is 92.1 Å². The third-order valence-electron chi connectivity index (χ3n) is 16.8. The molecule has 4 aromatic heterocycles. The number of alkyl halides is 1. The molecule has 128 heavy (non-hydrogen) atoms. The van der Waals surface area contributed by atoms with E-state index < -0.39 is 12.1 Å². The molecule has 4 heterocycles. The summed E-state index contributed by atoms with van der Waals surface area (Å²) >= 11 is 3.36. The van der Waals surface area contributed by atoms with E-state index in [4.69, 9.17) is 69.6 Å². The van der Waals surface area contributed by atoms with Crippen LogP contribution in [0.1, 0.15) is 96.3 Å². The Hall–Kier alpha value is -15.6. The Bertz CT molecular complexity index is 5390. The number of nitrogens with two attached hydrogens (primary N) is 1. The molecule has 13 rings (SSSR count). The number of esters is 2. The fourth-order valence-corrected chi connectivity index (χ4v) is 10.7. The fraction of sp³-hybridized carbons (Fsp3) is 0.244. The maximum atomic E-state index is 12.1. The van der Waals surface area contributed by atoms with Crippen molar-refractivity contribution >= 4 is 51.4 Å². The predicted molar refractivity (Wildman–Crippen MR) is 483 cm³/mol. The van der Waals surface area contributed by atoms with Crippen LogP contribution in [0.5, 0.6) is 34.5 Å². The Labute approximate surface area is 748 Å². The zero-order valence-electron chi connectivity index (χ0n) is 71.9. The van der Waals surface area contributed by atoms with Gasteiger partial charge in [0.1, 0.15) is 59.1 Å². The lowest BCUT2D eigenvalue weighted by Gasteiger charge is -2.08. The van der Waals surface area contributed by atoms with Crippen LogP contribution in [-0.4, -0.2) is 157 Å². The monoisotopic (exact) mass is 1810 g/mol. The molecule has 0 saturated heterocycles. The zero-order chi connectivity index (χ0) is 92.3. The van der Waals surface area contributed by atoms with E-state index in [9.17, 15) is 19.2 Å². The van der Waals surface area contributed by atoms with Gasteiger partial charge in [0.25, 0.3) is 0 Å². The number of ether oxygens (including phenoxy) is 9. The number of azide groups is 2. The minimum atomic E-state index is -0.548. The highest BCUT2D eigenvalue weighted by molar-refractivity contribution is 9.08. The average Bonchev–Trinajstić information content (AvgIpc) is 1.17. The average molecular weight is 1810 g/mol. The fourth-order valence-electron chi connectivity index (χ4n) is 10.3. The Morgan fingerprint density at radius 2 is 0.773 bits per heavy atom. The normalized spacial score (nSPS) is 9.80. The number of nitrogens with zero attached hydrogens (tertiary/aromatic N) is 18. The molecule has 37 nitrogen and oxygen atoms in total. The van der Waals surface area contributed by atoms with Crippen LogP contribution in [0.2, 0.25) is 0 Å². The molecule has 0 aliphatic rings. The minimum absolute atomic E-state index is 0.0807.